The van der Waals surface area contributed by atoms with Gasteiger partial charge in [-0.3, -0.25) is 24.8 Å². The number of non-ortho nitro benzene ring substituents is 1. The Bertz CT molecular complexity index is 913. The second-order valence-electron chi connectivity index (χ2n) is 6.56. The summed E-state index contributed by atoms with van der Waals surface area (Å²) in [5, 5.41) is 27.3. The summed E-state index contributed by atoms with van der Waals surface area (Å²) in [6.07, 6.45) is 0.0516. The smallest absolute Gasteiger partial charge is 0.312 e. The number of aliphatic hydroxyl groups is 1. The molecule has 138 valence electrons. The van der Waals surface area contributed by atoms with E-state index in [0.29, 0.717) is 11.3 Å². The number of aromatic nitrogens is 2. The molecule has 0 radical (unpaired) electrons. The standard InChI is InChI=1S/C17H19N3O6/c1-3-26-16(22)14-12(9-5-4-6-10(7-9)20(24)25)13-11(8-17(14,2)23)18-19-15(13)21/h4-7,12,14,23H,3,8H2,1-2H3,(H2,18,19,21)/t12-,14+,17-/m1/s1. The lowest BCUT2D eigenvalue weighted by Gasteiger charge is -2.40. The summed E-state index contributed by atoms with van der Waals surface area (Å²) in [6, 6.07) is 5.72. The molecule has 1 aliphatic rings. The fourth-order valence-electron chi connectivity index (χ4n) is 3.68. The number of nitro groups is 1. The SMILES string of the molecule is CCOC(=O)[C@@H]1[C@H](c2cccc([N+](=O)[O-])c2)c2c([nH][nH]c2=O)C[C@@]1(C)O. The van der Waals surface area contributed by atoms with Crippen molar-refractivity contribution >= 4 is 11.7 Å². The van der Waals surface area contributed by atoms with E-state index in [-0.39, 0.29) is 24.3 Å². The molecule has 1 aliphatic carbocycles. The second-order valence-corrected chi connectivity index (χ2v) is 6.56. The first-order valence-corrected chi connectivity index (χ1v) is 8.19. The fourth-order valence-corrected chi connectivity index (χ4v) is 3.68. The van der Waals surface area contributed by atoms with Crippen molar-refractivity contribution in [2.24, 2.45) is 5.92 Å². The first kappa shape index (κ1) is 17.9. The number of fused-ring (bicyclic) bond motifs is 1. The molecule has 0 saturated heterocycles. The van der Waals surface area contributed by atoms with Crippen LogP contribution in [0.2, 0.25) is 0 Å². The van der Waals surface area contributed by atoms with E-state index in [1.165, 1.54) is 25.1 Å². The minimum Gasteiger partial charge on any atom is -0.466 e. The average Bonchev–Trinajstić information content (AvgIpc) is 2.93. The Balaban J connectivity index is 2.23. The first-order chi connectivity index (χ1) is 12.3. The lowest BCUT2D eigenvalue weighted by molar-refractivity contribution is -0.384. The molecule has 2 aromatic rings. The van der Waals surface area contributed by atoms with Gasteiger partial charge in [-0.05, 0) is 19.4 Å². The third kappa shape index (κ3) is 2.90. The monoisotopic (exact) mass is 361 g/mol. The Morgan fingerprint density at radius 1 is 1.46 bits per heavy atom. The Hall–Kier alpha value is -2.94. The van der Waals surface area contributed by atoms with Crippen LogP contribution in [0.25, 0.3) is 0 Å². The van der Waals surface area contributed by atoms with Gasteiger partial charge in [0, 0.05) is 35.7 Å². The molecule has 0 saturated carbocycles. The minimum absolute atomic E-state index is 0.0516. The second kappa shape index (κ2) is 6.41. The Kier molecular flexibility index (Phi) is 4.41. The predicted molar refractivity (Wildman–Crippen MR) is 90.8 cm³/mol. The summed E-state index contributed by atoms with van der Waals surface area (Å²) in [6.45, 7) is 3.25. The van der Waals surface area contributed by atoms with Gasteiger partial charge < -0.3 is 14.9 Å². The Morgan fingerprint density at radius 3 is 2.85 bits per heavy atom. The normalized spacial score (nSPS) is 24.7. The van der Waals surface area contributed by atoms with Crippen molar-refractivity contribution in [2.45, 2.75) is 31.8 Å². The van der Waals surface area contributed by atoms with Gasteiger partial charge in [0.1, 0.15) is 0 Å². The highest BCUT2D eigenvalue weighted by Crippen LogP contribution is 2.44. The zero-order valence-electron chi connectivity index (χ0n) is 14.3. The minimum atomic E-state index is -1.50. The van der Waals surface area contributed by atoms with Crippen LogP contribution in [-0.4, -0.2) is 38.4 Å². The maximum atomic E-state index is 12.6. The molecule has 0 bridgehead atoms. The molecule has 0 fully saturated rings. The largest absolute Gasteiger partial charge is 0.466 e. The van der Waals surface area contributed by atoms with E-state index in [1.807, 2.05) is 0 Å². The van der Waals surface area contributed by atoms with Crippen molar-refractivity contribution in [3.63, 3.8) is 0 Å². The number of hydrogen-bond acceptors (Lipinski definition) is 6. The number of hydrogen-bond donors (Lipinski definition) is 3. The lowest BCUT2D eigenvalue weighted by atomic mass is 9.66. The molecule has 1 aromatic carbocycles. The molecule has 0 aliphatic heterocycles. The van der Waals surface area contributed by atoms with Crippen molar-refractivity contribution in [3.8, 4) is 0 Å². The molecule has 3 N–H and O–H groups in total. The average molecular weight is 361 g/mol. The molecule has 0 spiro atoms. The summed E-state index contributed by atoms with van der Waals surface area (Å²) >= 11 is 0. The number of nitrogens with zero attached hydrogens (tertiary/aromatic N) is 1. The van der Waals surface area contributed by atoms with E-state index < -0.39 is 33.9 Å². The molecule has 9 heteroatoms. The number of nitrogens with one attached hydrogen (secondary N) is 2. The summed E-state index contributed by atoms with van der Waals surface area (Å²) < 4.78 is 5.12. The number of benzene rings is 1. The molecule has 1 aromatic heterocycles. The van der Waals surface area contributed by atoms with Crippen LogP contribution in [0.3, 0.4) is 0 Å². The highest BCUT2D eigenvalue weighted by atomic mass is 16.6. The quantitative estimate of drug-likeness (QED) is 0.425. The van der Waals surface area contributed by atoms with Crippen molar-refractivity contribution in [1.82, 2.24) is 10.2 Å². The predicted octanol–water partition coefficient (Wildman–Crippen LogP) is 1.23. The molecular weight excluding hydrogens is 342 g/mol. The highest BCUT2D eigenvalue weighted by molar-refractivity contribution is 5.77. The summed E-state index contributed by atoms with van der Waals surface area (Å²) in [4.78, 5) is 35.6. The van der Waals surface area contributed by atoms with Crippen LogP contribution in [0.5, 0.6) is 0 Å². The summed E-state index contributed by atoms with van der Waals surface area (Å²) in [5.41, 5.74) is -0.944. The zero-order chi connectivity index (χ0) is 19.1. The van der Waals surface area contributed by atoms with Gasteiger partial charge in [0.15, 0.2) is 0 Å². The third-order valence-electron chi connectivity index (χ3n) is 4.73. The number of carbonyl (C=O) groups excluding carboxylic acids is 1. The Morgan fingerprint density at radius 2 is 2.19 bits per heavy atom. The van der Waals surface area contributed by atoms with Gasteiger partial charge in [0.2, 0.25) is 0 Å². The number of aromatic amines is 2. The molecule has 0 amide bonds. The van der Waals surface area contributed by atoms with Crippen LogP contribution in [-0.2, 0) is 16.0 Å². The van der Waals surface area contributed by atoms with Crippen molar-refractivity contribution in [2.75, 3.05) is 6.61 Å². The van der Waals surface area contributed by atoms with Gasteiger partial charge in [0.25, 0.3) is 11.2 Å². The maximum absolute atomic E-state index is 12.6. The number of ether oxygens (including phenoxy) is 1. The molecule has 9 nitrogen and oxygen atoms in total. The fraction of sp³-hybridized carbons (Fsp3) is 0.412. The highest BCUT2D eigenvalue weighted by Gasteiger charge is 2.51. The Labute approximate surface area is 148 Å². The molecular formula is C17H19N3O6. The van der Waals surface area contributed by atoms with Crippen LogP contribution in [0.1, 0.15) is 36.6 Å². The van der Waals surface area contributed by atoms with Gasteiger partial charge >= 0.3 is 5.97 Å². The van der Waals surface area contributed by atoms with Crippen molar-refractivity contribution in [3.05, 3.63) is 61.6 Å². The first-order valence-electron chi connectivity index (χ1n) is 8.19. The van der Waals surface area contributed by atoms with Crippen LogP contribution in [0.15, 0.2) is 29.1 Å². The topological polar surface area (TPSA) is 138 Å². The number of H-pyrrole nitrogens is 2. The van der Waals surface area contributed by atoms with Gasteiger partial charge in [-0.2, -0.15) is 0 Å². The van der Waals surface area contributed by atoms with Gasteiger partial charge in [-0.25, -0.2) is 0 Å². The van der Waals surface area contributed by atoms with E-state index in [2.05, 4.69) is 10.2 Å². The van der Waals surface area contributed by atoms with Gasteiger partial charge in [-0.1, -0.05) is 12.1 Å². The van der Waals surface area contributed by atoms with E-state index in [0.717, 1.165) is 0 Å². The molecule has 26 heavy (non-hydrogen) atoms. The van der Waals surface area contributed by atoms with Crippen LogP contribution in [0.4, 0.5) is 5.69 Å². The molecule has 1 heterocycles. The number of carbonyl (C=O) groups is 1. The van der Waals surface area contributed by atoms with E-state index in [4.69, 9.17) is 4.74 Å². The van der Waals surface area contributed by atoms with Crippen LogP contribution < -0.4 is 5.56 Å². The summed E-state index contributed by atoms with van der Waals surface area (Å²) in [7, 11) is 0. The maximum Gasteiger partial charge on any atom is 0.312 e. The zero-order valence-corrected chi connectivity index (χ0v) is 14.3. The van der Waals surface area contributed by atoms with Crippen molar-refractivity contribution in [1.29, 1.82) is 0 Å². The number of nitro benzene ring substituents is 1. The number of esters is 1. The molecule has 3 rings (SSSR count). The molecule has 3 atom stereocenters. The van der Waals surface area contributed by atoms with Gasteiger partial charge in [0.05, 0.1) is 23.0 Å². The summed E-state index contributed by atoms with van der Waals surface area (Å²) in [5.74, 6) is -2.60. The van der Waals surface area contributed by atoms with E-state index >= 15 is 0 Å². The van der Waals surface area contributed by atoms with E-state index in [1.54, 1.807) is 13.0 Å². The van der Waals surface area contributed by atoms with E-state index in [9.17, 15) is 24.8 Å². The van der Waals surface area contributed by atoms with Crippen LogP contribution in [0, 0.1) is 16.0 Å². The van der Waals surface area contributed by atoms with Crippen LogP contribution >= 0.6 is 0 Å². The lowest BCUT2D eigenvalue weighted by Crippen LogP contribution is -2.50. The molecule has 0 unspecified atom stereocenters. The van der Waals surface area contributed by atoms with Crippen molar-refractivity contribution < 1.29 is 19.6 Å². The number of rotatable bonds is 4. The van der Waals surface area contributed by atoms with Gasteiger partial charge in [-0.15, -0.1) is 0 Å². The third-order valence-corrected chi connectivity index (χ3v) is 4.73.